The van der Waals surface area contributed by atoms with Crippen molar-refractivity contribution in [2.45, 2.75) is 20.4 Å². The third-order valence-electron chi connectivity index (χ3n) is 2.74. The van der Waals surface area contributed by atoms with E-state index in [0.29, 0.717) is 12.5 Å². The first-order valence-electron chi connectivity index (χ1n) is 5.63. The zero-order valence-corrected chi connectivity index (χ0v) is 11.0. The van der Waals surface area contributed by atoms with Gasteiger partial charge in [0.15, 0.2) is 5.65 Å². The Labute approximate surface area is 108 Å². The summed E-state index contributed by atoms with van der Waals surface area (Å²) < 4.78 is 1.89. The summed E-state index contributed by atoms with van der Waals surface area (Å²) in [7, 11) is 0. The van der Waals surface area contributed by atoms with Crippen molar-refractivity contribution in [1.82, 2.24) is 19.5 Å². The Morgan fingerprint density at radius 1 is 1.33 bits per heavy atom. The minimum atomic E-state index is 0.480. The molecule has 0 aromatic carbocycles. The number of nitrogen functional groups attached to an aromatic ring is 1. The fourth-order valence-corrected chi connectivity index (χ4v) is 2.53. The van der Waals surface area contributed by atoms with E-state index >= 15 is 0 Å². The third-order valence-corrected chi connectivity index (χ3v) is 3.56. The summed E-state index contributed by atoms with van der Waals surface area (Å²) in [5.41, 5.74) is 9.66. The Balaban J connectivity index is 2.08. The smallest absolute Gasteiger partial charge is 0.202 e. The number of fused-ring (bicyclic) bond motifs is 1. The Bertz CT molecular complexity index is 712. The van der Waals surface area contributed by atoms with Crippen molar-refractivity contribution in [1.29, 1.82) is 0 Å². The minimum Gasteiger partial charge on any atom is -0.369 e. The van der Waals surface area contributed by atoms with Gasteiger partial charge >= 0.3 is 0 Å². The molecule has 3 rings (SSSR count). The van der Waals surface area contributed by atoms with Gasteiger partial charge < -0.3 is 5.73 Å². The molecule has 18 heavy (non-hydrogen) atoms. The number of rotatable bonds is 2. The summed E-state index contributed by atoms with van der Waals surface area (Å²) in [6.07, 6.45) is 1.83. The summed E-state index contributed by atoms with van der Waals surface area (Å²) in [5.74, 6) is 0.480. The molecule has 0 spiro atoms. The molecule has 0 saturated carbocycles. The van der Waals surface area contributed by atoms with Crippen LogP contribution in [0, 0.1) is 13.8 Å². The van der Waals surface area contributed by atoms with Crippen LogP contribution in [0.15, 0.2) is 17.6 Å². The van der Waals surface area contributed by atoms with Crippen LogP contribution in [0.1, 0.15) is 16.3 Å². The van der Waals surface area contributed by atoms with E-state index in [0.717, 1.165) is 27.4 Å². The highest BCUT2D eigenvalue weighted by atomic mass is 32.1. The Kier molecular flexibility index (Phi) is 2.52. The quantitative estimate of drug-likeness (QED) is 0.765. The van der Waals surface area contributed by atoms with Crippen molar-refractivity contribution in [3.63, 3.8) is 0 Å². The summed E-state index contributed by atoms with van der Waals surface area (Å²) in [6.45, 7) is 4.60. The number of imidazole rings is 1. The van der Waals surface area contributed by atoms with Crippen LogP contribution < -0.4 is 5.73 Å². The Hall–Kier alpha value is -1.95. The number of hydrogen-bond donors (Lipinski definition) is 1. The third kappa shape index (κ3) is 1.84. The first-order valence-corrected chi connectivity index (χ1v) is 6.51. The first-order chi connectivity index (χ1) is 8.63. The highest BCUT2D eigenvalue weighted by molar-refractivity contribution is 7.09. The molecule has 0 fully saturated rings. The second-order valence-electron chi connectivity index (χ2n) is 4.27. The topological polar surface area (TPSA) is 69.6 Å². The van der Waals surface area contributed by atoms with E-state index in [1.807, 2.05) is 36.1 Å². The highest BCUT2D eigenvalue weighted by Crippen LogP contribution is 2.19. The molecule has 0 bridgehead atoms. The molecule has 0 unspecified atom stereocenters. The van der Waals surface area contributed by atoms with Crippen LogP contribution in [0.3, 0.4) is 0 Å². The van der Waals surface area contributed by atoms with Crippen LogP contribution in [0.4, 0.5) is 5.95 Å². The van der Waals surface area contributed by atoms with E-state index in [2.05, 4.69) is 15.0 Å². The Morgan fingerprint density at radius 2 is 2.17 bits per heavy atom. The number of aromatic nitrogens is 4. The van der Waals surface area contributed by atoms with Crippen molar-refractivity contribution in [2.24, 2.45) is 0 Å². The number of nitrogens with zero attached hydrogens (tertiary/aromatic N) is 4. The predicted molar refractivity (Wildman–Crippen MR) is 72.6 cm³/mol. The highest BCUT2D eigenvalue weighted by Gasteiger charge is 2.11. The van der Waals surface area contributed by atoms with Gasteiger partial charge in [-0.3, -0.25) is 4.57 Å². The van der Waals surface area contributed by atoms with Gasteiger partial charge in [-0.05, 0) is 25.5 Å². The van der Waals surface area contributed by atoms with Crippen molar-refractivity contribution in [3.05, 3.63) is 33.9 Å². The fraction of sp³-hybridized carbons (Fsp3) is 0.250. The maximum Gasteiger partial charge on any atom is 0.202 e. The van der Waals surface area contributed by atoms with Crippen molar-refractivity contribution in [3.8, 4) is 0 Å². The van der Waals surface area contributed by atoms with E-state index in [-0.39, 0.29) is 0 Å². The monoisotopic (exact) mass is 259 g/mol. The van der Waals surface area contributed by atoms with Gasteiger partial charge in [-0.1, -0.05) is 0 Å². The molecule has 6 heteroatoms. The van der Waals surface area contributed by atoms with Gasteiger partial charge in [-0.15, -0.1) is 11.3 Å². The van der Waals surface area contributed by atoms with E-state index in [4.69, 9.17) is 5.73 Å². The maximum absolute atomic E-state index is 5.95. The molecular weight excluding hydrogens is 246 g/mol. The molecule has 92 valence electrons. The number of nitrogens with two attached hydrogens (primary N) is 1. The van der Waals surface area contributed by atoms with Gasteiger partial charge in [-0.25, -0.2) is 15.0 Å². The van der Waals surface area contributed by atoms with E-state index in [1.54, 1.807) is 11.3 Å². The molecule has 0 aliphatic rings. The molecule has 0 aliphatic heterocycles. The molecule has 0 aliphatic carbocycles. The fourth-order valence-electron chi connectivity index (χ4n) is 1.93. The number of thiazole rings is 1. The van der Waals surface area contributed by atoms with E-state index < -0.39 is 0 Å². The summed E-state index contributed by atoms with van der Waals surface area (Å²) in [4.78, 5) is 13.2. The molecule has 2 N–H and O–H groups in total. The molecule has 0 radical (unpaired) electrons. The summed E-state index contributed by atoms with van der Waals surface area (Å²) in [5, 5.41) is 3.09. The second-order valence-corrected chi connectivity index (χ2v) is 5.33. The van der Waals surface area contributed by atoms with Crippen molar-refractivity contribution >= 4 is 28.4 Å². The zero-order chi connectivity index (χ0) is 12.7. The molecule has 0 saturated heterocycles. The van der Waals surface area contributed by atoms with Gasteiger partial charge in [0, 0.05) is 11.6 Å². The predicted octanol–water partition coefficient (Wildman–Crippen LogP) is 2.14. The van der Waals surface area contributed by atoms with Crippen LogP contribution in [-0.4, -0.2) is 19.5 Å². The molecule has 5 nitrogen and oxygen atoms in total. The number of hydrogen-bond acceptors (Lipinski definition) is 5. The first kappa shape index (κ1) is 11.2. The van der Waals surface area contributed by atoms with Crippen LogP contribution in [0.2, 0.25) is 0 Å². The lowest BCUT2D eigenvalue weighted by atomic mass is 10.3. The maximum atomic E-state index is 5.95. The molecule has 3 heterocycles. The van der Waals surface area contributed by atoms with Crippen LogP contribution in [0.25, 0.3) is 11.2 Å². The second kappa shape index (κ2) is 4.06. The van der Waals surface area contributed by atoms with Crippen LogP contribution >= 0.6 is 11.3 Å². The van der Waals surface area contributed by atoms with Gasteiger partial charge in [0.05, 0.1) is 17.2 Å². The van der Waals surface area contributed by atoms with E-state index in [9.17, 15) is 0 Å². The van der Waals surface area contributed by atoms with Crippen LogP contribution in [0.5, 0.6) is 0 Å². The normalized spacial score (nSPS) is 11.2. The standard InChI is InChI=1S/C12H13N5S/c1-7-3-10-11(14-4-7)17(12(13)16-10)5-9-6-18-8(2)15-9/h3-4,6H,5H2,1-2H3,(H2,13,16). The van der Waals surface area contributed by atoms with Gasteiger partial charge in [-0.2, -0.15) is 0 Å². The molecule has 3 aromatic rings. The molecule has 0 atom stereocenters. The van der Waals surface area contributed by atoms with Gasteiger partial charge in [0.25, 0.3) is 0 Å². The largest absolute Gasteiger partial charge is 0.369 e. The molecule has 0 amide bonds. The lowest BCUT2D eigenvalue weighted by Crippen LogP contribution is -2.05. The molecule has 3 aromatic heterocycles. The van der Waals surface area contributed by atoms with Gasteiger partial charge in [0.1, 0.15) is 5.52 Å². The van der Waals surface area contributed by atoms with Crippen molar-refractivity contribution < 1.29 is 0 Å². The molecular formula is C12H13N5S. The lowest BCUT2D eigenvalue weighted by molar-refractivity contribution is 0.804. The average molecular weight is 259 g/mol. The van der Waals surface area contributed by atoms with Crippen LogP contribution in [-0.2, 0) is 6.54 Å². The number of pyridine rings is 1. The lowest BCUT2D eigenvalue weighted by Gasteiger charge is -2.03. The van der Waals surface area contributed by atoms with Crippen molar-refractivity contribution in [2.75, 3.05) is 5.73 Å². The average Bonchev–Trinajstić information content (AvgIpc) is 2.84. The van der Waals surface area contributed by atoms with E-state index in [1.165, 1.54) is 0 Å². The SMILES string of the molecule is Cc1cnc2c(c1)nc(N)n2Cc1csc(C)n1. The minimum absolute atomic E-state index is 0.480. The Morgan fingerprint density at radius 3 is 2.89 bits per heavy atom. The van der Waals surface area contributed by atoms with Gasteiger partial charge in [0.2, 0.25) is 5.95 Å². The summed E-state index contributed by atoms with van der Waals surface area (Å²) >= 11 is 1.63. The number of anilines is 1. The zero-order valence-electron chi connectivity index (χ0n) is 10.2. The number of aryl methyl sites for hydroxylation is 2. The summed E-state index contributed by atoms with van der Waals surface area (Å²) in [6, 6.07) is 1.99.